The van der Waals surface area contributed by atoms with Crippen LogP contribution in [0.25, 0.3) is 5.65 Å². The summed E-state index contributed by atoms with van der Waals surface area (Å²) in [6, 6.07) is 3.90. The number of carbonyl (C=O) groups excluding carboxylic acids is 1. The summed E-state index contributed by atoms with van der Waals surface area (Å²) >= 11 is 0. The van der Waals surface area contributed by atoms with Crippen LogP contribution in [-0.4, -0.2) is 20.8 Å². The molecule has 2 heterocycles. The lowest BCUT2D eigenvalue weighted by atomic mass is 9.53. The van der Waals surface area contributed by atoms with Gasteiger partial charge in [-0.1, -0.05) is 6.92 Å². The Hall–Kier alpha value is -1.84. The van der Waals surface area contributed by atoms with Gasteiger partial charge in [-0.25, -0.2) is 4.98 Å². The van der Waals surface area contributed by atoms with Crippen LogP contribution in [0.2, 0.25) is 0 Å². The van der Waals surface area contributed by atoms with Crippen molar-refractivity contribution in [1.29, 1.82) is 0 Å². The number of hydrogen-bond acceptors (Lipinski definition) is 2. The lowest BCUT2D eigenvalue weighted by molar-refractivity contribution is -0.0167. The molecule has 4 fully saturated rings. The van der Waals surface area contributed by atoms with Gasteiger partial charge in [0.25, 0.3) is 5.91 Å². The summed E-state index contributed by atoms with van der Waals surface area (Å²) in [5.74, 6) is 2.63. The van der Waals surface area contributed by atoms with Gasteiger partial charge >= 0.3 is 0 Å². The van der Waals surface area contributed by atoms with Crippen LogP contribution < -0.4 is 5.32 Å². The van der Waals surface area contributed by atoms with Gasteiger partial charge in [0.2, 0.25) is 0 Å². The van der Waals surface area contributed by atoms with Crippen molar-refractivity contribution in [3.05, 3.63) is 35.3 Å². The first kappa shape index (κ1) is 15.4. The molecule has 0 radical (unpaired) electrons. The minimum atomic E-state index is 0.0688. The van der Waals surface area contributed by atoms with Crippen LogP contribution in [0.15, 0.2) is 18.3 Å². The van der Waals surface area contributed by atoms with Crippen LogP contribution in [0, 0.1) is 24.7 Å². The lowest BCUT2D eigenvalue weighted by Crippen LogP contribution is -2.59. The standard InChI is InChI=1S/C21H27N3O/c1-3-18-13(2)24-12-17(4-5-19(24)22-18)20(25)23-21-9-14-6-15(10-21)8-16(7-14)11-21/h4-5,12,14-16H,3,6-11H2,1-2H3,(H,23,25). The first-order chi connectivity index (χ1) is 12.0. The Morgan fingerprint density at radius 3 is 2.44 bits per heavy atom. The van der Waals surface area contributed by atoms with Crippen LogP contribution in [0.5, 0.6) is 0 Å². The largest absolute Gasteiger partial charge is 0.347 e. The zero-order valence-electron chi connectivity index (χ0n) is 15.2. The Morgan fingerprint density at radius 2 is 1.84 bits per heavy atom. The topological polar surface area (TPSA) is 46.4 Å². The van der Waals surface area contributed by atoms with Crippen LogP contribution in [0.1, 0.15) is 67.2 Å². The molecule has 132 valence electrons. The van der Waals surface area contributed by atoms with Crippen LogP contribution in [0.4, 0.5) is 0 Å². The number of fused-ring (bicyclic) bond motifs is 1. The second kappa shape index (κ2) is 5.33. The van der Waals surface area contributed by atoms with E-state index >= 15 is 0 Å². The molecule has 0 aliphatic heterocycles. The van der Waals surface area contributed by atoms with E-state index in [1.807, 2.05) is 18.3 Å². The number of nitrogens with zero attached hydrogens (tertiary/aromatic N) is 2. The van der Waals surface area contributed by atoms with Crippen LogP contribution >= 0.6 is 0 Å². The summed E-state index contributed by atoms with van der Waals surface area (Å²) < 4.78 is 2.06. The second-order valence-electron chi connectivity index (χ2n) is 8.80. The van der Waals surface area contributed by atoms with Crippen molar-refractivity contribution < 1.29 is 4.79 Å². The minimum absolute atomic E-state index is 0.0688. The highest BCUT2D eigenvalue weighted by Gasteiger charge is 2.51. The normalized spacial score (nSPS) is 33.1. The van der Waals surface area contributed by atoms with E-state index in [1.165, 1.54) is 38.5 Å². The van der Waals surface area contributed by atoms with Crippen LogP contribution in [-0.2, 0) is 6.42 Å². The predicted molar refractivity (Wildman–Crippen MR) is 97.7 cm³/mol. The third-order valence-electron chi connectivity index (χ3n) is 6.97. The highest BCUT2D eigenvalue weighted by atomic mass is 16.1. The summed E-state index contributed by atoms with van der Waals surface area (Å²) in [6.45, 7) is 4.20. The zero-order chi connectivity index (χ0) is 17.2. The Morgan fingerprint density at radius 1 is 1.20 bits per heavy atom. The number of amides is 1. The van der Waals surface area contributed by atoms with Crippen molar-refractivity contribution in [2.75, 3.05) is 0 Å². The maximum absolute atomic E-state index is 13.0. The number of rotatable bonds is 3. The molecule has 4 aliphatic rings. The fraction of sp³-hybridized carbons (Fsp3) is 0.619. The van der Waals surface area contributed by atoms with E-state index in [-0.39, 0.29) is 11.4 Å². The molecule has 2 aromatic heterocycles. The zero-order valence-corrected chi connectivity index (χ0v) is 15.2. The molecule has 4 saturated carbocycles. The SMILES string of the molecule is CCc1nc2ccc(C(=O)NC34CC5CC(CC(C5)C3)C4)cn2c1C. The highest BCUT2D eigenvalue weighted by molar-refractivity contribution is 5.94. The van der Waals surface area contributed by atoms with E-state index in [0.717, 1.165) is 46.8 Å². The molecule has 2 aromatic rings. The van der Waals surface area contributed by atoms with Crippen molar-refractivity contribution in [3.63, 3.8) is 0 Å². The molecule has 0 aromatic carbocycles. The van der Waals surface area contributed by atoms with Crippen molar-refractivity contribution in [2.45, 2.75) is 64.3 Å². The van der Waals surface area contributed by atoms with Crippen LogP contribution in [0.3, 0.4) is 0 Å². The minimum Gasteiger partial charge on any atom is -0.347 e. The highest BCUT2D eigenvalue weighted by Crippen LogP contribution is 2.55. The smallest absolute Gasteiger partial charge is 0.253 e. The molecule has 4 nitrogen and oxygen atoms in total. The lowest BCUT2D eigenvalue weighted by Gasteiger charge is -2.56. The Labute approximate surface area is 149 Å². The molecule has 4 bridgehead atoms. The number of hydrogen-bond donors (Lipinski definition) is 1. The quantitative estimate of drug-likeness (QED) is 0.923. The third kappa shape index (κ3) is 2.41. The summed E-state index contributed by atoms with van der Waals surface area (Å²) in [4.78, 5) is 17.7. The molecule has 1 amide bonds. The molecular formula is C21H27N3O. The number of pyridine rings is 1. The first-order valence-electron chi connectivity index (χ1n) is 9.85. The van der Waals surface area contributed by atoms with E-state index in [1.54, 1.807) is 0 Å². The van der Waals surface area contributed by atoms with E-state index in [2.05, 4.69) is 28.5 Å². The molecule has 6 rings (SSSR count). The number of imidazole rings is 1. The third-order valence-corrected chi connectivity index (χ3v) is 6.97. The maximum atomic E-state index is 13.0. The molecule has 4 aliphatic carbocycles. The fourth-order valence-corrected chi connectivity index (χ4v) is 6.26. The molecule has 25 heavy (non-hydrogen) atoms. The van der Waals surface area contributed by atoms with E-state index in [0.29, 0.717) is 0 Å². The number of aromatic nitrogens is 2. The van der Waals surface area contributed by atoms with Gasteiger partial charge in [0.05, 0.1) is 11.3 Å². The maximum Gasteiger partial charge on any atom is 0.253 e. The summed E-state index contributed by atoms with van der Waals surface area (Å²) in [5, 5.41) is 3.47. The fourth-order valence-electron chi connectivity index (χ4n) is 6.26. The van der Waals surface area contributed by atoms with Gasteiger partial charge in [-0.3, -0.25) is 4.79 Å². The van der Waals surface area contributed by atoms with Gasteiger partial charge in [0, 0.05) is 17.4 Å². The summed E-state index contributed by atoms with van der Waals surface area (Å²) in [6.07, 6.45) is 10.7. The second-order valence-corrected chi connectivity index (χ2v) is 8.80. The number of nitrogens with one attached hydrogen (secondary N) is 1. The summed E-state index contributed by atoms with van der Waals surface area (Å²) in [7, 11) is 0. The molecule has 0 unspecified atom stereocenters. The van der Waals surface area contributed by atoms with Crippen molar-refractivity contribution >= 4 is 11.6 Å². The molecule has 0 saturated heterocycles. The number of aryl methyl sites for hydroxylation is 2. The average Bonchev–Trinajstić information content (AvgIpc) is 2.89. The van der Waals surface area contributed by atoms with Crippen molar-refractivity contribution in [2.24, 2.45) is 17.8 Å². The van der Waals surface area contributed by atoms with E-state index in [9.17, 15) is 4.79 Å². The van der Waals surface area contributed by atoms with Crippen molar-refractivity contribution in [3.8, 4) is 0 Å². The first-order valence-corrected chi connectivity index (χ1v) is 9.85. The predicted octanol–water partition coefficient (Wildman–Crippen LogP) is 3.90. The molecular weight excluding hydrogens is 310 g/mol. The Bertz CT molecular complexity index is 815. The number of carbonyl (C=O) groups is 1. The van der Waals surface area contributed by atoms with Crippen molar-refractivity contribution in [1.82, 2.24) is 14.7 Å². The monoisotopic (exact) mass is 337 g/mol. The molecule has 0 spiro atoms. The molecule has 1 N–H and O–H groups in total. The van der Waals surface area contributed by atoms with Gasteiger partial charge in [0.1, 0.15) is 5.65 Å². The van der Waals surface area contributed by atoms with Gasteiger partial charge in [0.15, 0.2) is 0 Å². The van der Waals surface area contributed by atoms with Gasteiger partial charge < -0.3 is 9.72 Å². The van der Waals surface area contributed by atoms with E-state index < -0.39 is 0 Å². The summed E-state index contributed by atoms with van der Waals surface area (Å²) in [5.41, 5.74) is 4.01. The van der Waals surface area contributed by atoms with Gasteiger partial charge in [-0.15, -0.1) is 0 Å². The van der Waals surface area contributed by atoms with E-state index in [4.69, 9.17) is 0 Å². The average molecular weight is 337 g/mol. The van der Waals surface area contributed by atoms with Gasteiger partial charge in [-0.2, -0.15) is 0 Å². The Balaban J connectivity index is 1.43. The Kier molecular flexibility index (Phi) is 3.28. The van der Waals surface area contributed by atoms with Gasteiger partial charge in [-0.05, 0) is 81.8 Å². The molecule has 0 atom stereocenters. The molecule has 4 heteroatoms.